The fraction of sp³-hybridized carbons (Fsp3) is 0.600. The molecular formula is C15H24N2O4. The Morgan fingerprint density at radius 2 is 2.14 bits per heavy atom. The molecule has 1 unspecified atom stereocenters. The molecule has 0 aliphatic carbocycles. The molecule has 0 aliphatic heterocycles. The highest BCUT2D eigenvalue weighted by Gasteiger charge is 2.23. The van der Waals surface area contributed by atoms with Gasteiger partial charge in [-0.2, -0.15) is 0 Å². The average molecular weight is 296 g/mol. The van der Waals surface area contributed by atoms with Gasteiger partial charge in [0.15, 0.2) is 5.76 Å². The second-order valence-corrected chi connectivity index (χ2v) is 6.01. The van der Waals surface area contributed by atoms with Crippen LogP contribution in [0.4, 0.5) is 0 Å². The Morgan fingerprint density at radius 3 is 2.67 bits per heavy atom. The Balaban J connectivity index is 2.41. The minimum absolute atomic E-state index is 0.0860. The van der Waals surface area contributed by atoms with Crippen molar-refractivity contribution < 1.29 is 19.1 Å². The van der Waals surface area contributed by atoms with Gasteiger partial charge in [-0.1, -0.05) is 13.8 Å². The van der Waals surface area contributed by atoms with Gasteiger partial charge in [-0.05, 0) is 31.4 Å². The number of hydrogen-bond donors (Lipinski definition) is 2. The second kappa shape index (κ2) is 7.26. The molecule has 21 heavy (non-hydrogen) atoms. The van der Waals surface area contributed by atoms with E-state index in [-0.39, 0.29) is 30.7 Å². The number of aliphatic hydroxyl groups is 1. The molecule has 6 nitrogen and oxygen atoms in total. The van der Waals surface area contributed by atoms with Crippen LogP contribution < -0.4 is 5.32 Å². The van der Waals surface area contributed by atoms with Crippen LogP contribution in [0.2, 0.25) is 0 Å². The number of carbonyl (C=O) groups is 2. The molecule has 1 rings (SSSR count). The summed E-state index contributed by atoms with van der Waals surface area (Å²) in [6.07, 6.45) is 2.00. The number of rotatable bonds is 7. The van der Waals surface area contributed by atoms with Crippen molar-refractivity contribution in [1.82, 2.24) is 10.2 Å². The molecule has 0 aromatic carbocycles. The highest BCUT2D eigenvalue weighted by molar-refractivity contribution is 5.94. The standard InChI is InChI=1S/C15H24N2O4/c1-11(2)8-15(3,20)10-16-13(18)9-17(4)14(19)12-6-5-7-21-12/h5-7,11,20H,8-10H2,1-4H3,(H,16,18). The number of hydrogen-bond acceptors (Lipinski definition) is 4. The van der Waals surface area contributed by atoms with Gasteiger partial charge in [-0.3, -0.25) is 9.59 Å². The van der Waals surface area contributed by atoms with Crippen molar-refractivity contribution in [2.24, 2.45) is 5.92 Å². The van der Waals surface area contributed by atoms with E-state index in [1.54, 1.807) is 19.1 Å². The van der Waals surface area contributed by atoms with Crippen LogP contribution in [0.25, 0.3) is 0 Å². The third kappa shape index (κ3) is 5.99. The van der Waals surface area contributed by atoms with Gasteiger partial charge in [0.25, 0.3) is 5.91 Å². The number of nitrogens with zero attached hydrogens (tertiary/aromatic N) is 1. The van der Waals surface area contributed by atoms with Crippen LogP contribution in [0.1, 0.15) is 37.7 Å². The lowest BCUT2D eigenvalue weighted by Crippen LogP contribution is -2.45. The van der Waals surface area contributed by atoms with Gasteiger partial charge in [0.1, 0.15) is 0 Å². The van der Waals surface area contributed by atoms with E-state index in [9.17, 15) is 14.7 Å². The maximum absolute atomic E-state index is 11.9. The van der Waals surface area contributed by atoms with Crippen LogP contribution in [0.5, 0.6) is 0 Å². The maximum Gasteiger partial charge on any atom is 0.289 e. The van der Waals surface area contributed by atoms with Crippen LogP contribution in [-0.4, -0.2) is 47.6 Å². The van der Waals surface area contributed by atoms with E-state index in [0.717, 1.165) is 0 Å². The lowest BCUT2D eigenvalue weighted by molar-refractivity contribution is -0.122. The summed E-state index contributed by atoms with van der Waals surface area (Å²) >= 11 is 0. The first kappa shape index (κ1) is 17.2. The highest BCUT2D eigenvalue weighted by Crippen LogP contribution is 2.14. The summed E-state index contributed by atoms with van der Waals surface area (Å²) in [6, 6.07) is 3.16. The van der Waals surface area contributed by atoms with Crippen molar-refractivity contribution in [1.29, 1.82) is 0 Å². The lowest BCUT2D eigenvalue weighted by Gasteiger charge is -2.26. The van der Waals surface area contributed by atoms with Crippen molar-refractivity contribution in [3.63, 3.8) is 0 Å². The number of carbonyl (C=O) groups excluding carboxylic acids is 2. The molecule has 0 saturated heterocycles. The fourth-order valence-corrected chi connectivity index (χ4v) is 2.17. The van der Waals surface area contributed by atoms with Crippen LogP contribution in [0.3, 0.4) is 0 Å². The Kier molecular flexibility index (Phi) is 5.96. The van der Waals surface area contributed by atoms with Gasteiger partial charge in [0.2, 0.25) is 5.91 Å². The van der Waals surface area contributed by atoms with Crippen molar-refractivity contribution in [2.45, 2.75) is 32.8 Å². The average Bonchev–Trinajstić information content (AvgIpc) is 2.87. The Morgan fingerprint density at radius 1 is 1.48 bits per heavy atom. The zero-order valence-corrected chi connectivity index (χ0v) is 13.0. The zero-order valence-electron chi connectivity index (χ0n) is 13.0. The van der Waals surface area contributed by atoms with Gasteiger partial charge in [-0.25, -0.2) is 0 Å². The van der Waals surface area contributed by atoms with E-state index in [1.165, 1.54) is 18.2 Å². The fourth-order valence-electron chi connectivity index (χ4n) is 2.17. The Hall–Kier alpha value is -1.82. The normalized spacial score (nSPS) is 13.8. The second-order valence-electron chi connectivity index (χ2n) is 6.01. The smallest absolute Gasteiger partial charge is 0.289 e. The molecule has 1 heterocycles. The Labute approximate surface area is 125 Å². The molecule has 1 aromatic heterocycles. The predicted molar refractivity (Wildman–Crippen MR) is 78.8 cm³/mol. The van der Waals surface area contributed by atoms with E-state index in [2.05, 4.69) is 5.32 Å². The quantitative estimate of drug-likeness (QED) is 0.793. The number of amides is 2. The molecule has 0 aliphatic rings. The first-order chi connectivity index (χ1) is 9.71. The molecule has 2 amide bonds. The number of furan rings is 1. The monoisotopic (exact) mass is 296 g/mol. The van der Waals surface area contributed by atoms with Crippen molar-refractivity contribution in [3.05, 3.63) is 24.2 Å². The maximum atomic E-state index is 11.9. The van der Waals surface area contributed by atoms with Gasteiger partial charge in [0.05, 0.1) is 18.4 Å². The highest BCUT2D eigenvalue weighted by atomic mass is 16.3. The molecule has 118 valence electrons. The van der Waals surface area contributed by atoms with E-state index >= 15 is 0 Å². The van der Waals surface area contributed by atoms with E-state index in [4.69, 9.17) is 4.42 Å². The van der Waals surface area contributed by atoms with Crippen LogP contribution in [0.15, 0.2) is 22.8 Å². The topological polar surface area (TPSA) is 82.8 Å². The summed E-state index contributed by atoms with van der Waals surface area (Å²) in [5.74, 6) is -0.150. The van der Waals surface area contributed by atoms with Crippen LogP contribution in [0, 0.1) is 5.92 Å². The van der Waals surface area contributed by atoms with Crippen LogP contribution >= 0.6 is 0 Å². The van der Waals surface area contributed by atoms with Crippen LogP contribution in [-0.2, 0) is 4.79 Å². The zero-order chi connectivity index (χ0) is 16.0. The molecule has 0 saturated carbocycles. The molecule has 0 spiro atoms. The molecule has 0 radical (unpaired) electrons. The first-order valence-electron chi connectivity index (χ1n) is 6.99. The summed E-state index contributed by atoms with van der Waals surface area (Å²) in [4.78, 5) is 25.0. The molecule has 0 fully saturated rings. The van der Waals surface area contributed by atoms with Crippen molar-refractivity contribution >= 4 is 11.8 Å². The number of nitrogens with one attached hydrogen (secondary N) is 1. The van der Waals surface area contributed by atoms with Gasteiger partial charge >= 0.3 is 0 Å². The minimum atomic E-state index is -0.951. The molecule has 0 bridgehead atoms. The summed E-state index contributed by atoms with van der Waals surface area (Å²) in [5, 5.41) is 12.8. The predicted octanol–water partition coefficient (Wildman–Crippen LogP) is 1.26. The third-order valence-corrected chi connectivity index (χ3v) is 2.97. The van der Waals surface area contributed by atoms with Gasteiger partial charge in [-0.15, -0.1) is 0 Å². The van der Waals surface area contributed by atoms with E-state index in [0.29, 0.717) is 12.3 Å². The molecule has 2 N–H and O–H groups in total. The summed E-state index contributed by atoms with van der Waals surface area (Å²) in [5.41, 5.74) is -0.951. The lowest BCUT2D eigenvalue weighted by atomic mass is 9.94. The summed E-state index contributed by atoms with van der Waals surface area (Å²) in [7, 11) is 1.52. The first-order valence-corrected chi connectivity index (χ1v) is 6.99. The third-order valence-electron chi connectivity index (χ3n) is 2.97. The summed E-state index contributed by atoms with van der Waals surface area (Å²) < 4.78 is 4.99. The molecule has 1 aromatic rings. The summed E-state index contributed by atoms with van der Waals surface area (Å²) in [6.45, 7) is 5.77. The largest absolute Gasteiger partial charge is 0.459 e. The number of likely N-dealkylation sites (N-methyl/N-ethyl adjacent to an activating group) is 1. The molecule has 1 atom stereocenters. The van der Waals surface area contributed by atoms with Crippen molar-refractivity contribution in [2.75, 3.05) is 20.1 Å². The van der Waals surface area contributed by atoms with E-state index in [1.807, 2.05) is 13.8 Å². The van der Waals surface area contributed by atoms with Gasteiger partial charge < -0.3 is 19.7 Å². The Bertz CT molecular complexity index is 466. The molecule has 6 heteroatoms. The van der Waals surface area contributed by atoms with E-state index < -0.39 is 5.60 Å². The van der Waals surface area contributed by atoms with Crippen molar-refractivity contribution in [3.8, 4) is 0 Å². The van der Waals surface area contributed by atoms with Gasteiger partial charge in [0, 0.05) is 13.6 Å². The molecular weight excluding hydrogens is 272 g/mol. The minimum Gasteiger partial charge on any atom is -0.459 e. The SMILES string of the molecule is CC(C)CC(C)(O)CNC(=O)CN(C)C(=O)c1ccco1.